The van der Waals surface area contributed by atoms with Gasteiger partial charge in [-0.05, 0) is 60.2 Å². The van der Waals surface area contributed by atoms with E-state index in [9.17, 15) is 9.59 Å². The number of anilines is 1. The third-order valence-corrected chi connectivity index (χ3v) is 4.31. The number of carbonyl (C=O) groups excluding carboxylic acids is 2. The average molecular weight is 444 g/mol. The van der Waals surface area contributed by atoms with Crippen molar-refractivity contribution in [3.63, 3.8) is 0 Å². The lowest BCUT2D eigenvalue weighted by Crippen LogP contribution is -2.14. The zero-order chi connectivity index (χ0) is 19.9. The van der Waals surface area contributed by atoms with E-state index in [1.165, 1.54) is 4.80 Å². The Morgan fingerprint density at radius 1 is 1.11 bits per heavy atom. The molecule has 8 nitrogen and oxygen atoms in total. The molecular formula is C19H18BrN5O3. The first-order valence-corrected chi connectivity index (χ1v) is 9.50. The molecule has 0 unspecified atom stereocenters. The average Bonchev–Trinajstić information content (AvgIpc) is 3.19. The van der Waals surface area contributed by atoms with Crippen LogP contribution in [-0.2, 0) is 4.74 Å². The first-order chi connectivity index (χ1) is 13.6. The number of hydrogen-bond donors (Lipinski definition) is 1. The van der Waals surface area contributed by atoms with Gasteiger partial charge >= 0.3 is 5.97 Å². The van der Waals surface area contributed by atoms with Crippen molar-refractivity contribution in [2.75, 3.05) is 11.9 Å². The lowest BCUT2D eigenvalue weighted by Gasteiger charge is -2.05. The molecule has 3 rings (SSSR count). The number of benzene rings is 2. The molecule has 0 saturated heterocycles. The molecule has 0 aliphatic rings. The first-order valence-electron chi connectivity index (χ1n) is 8.71. The van der Waals surface area contributed by atoms with Crippen molar-refractivity contribution in [1.82, 2.24) is 20.2 Å². The van der Waals surface area contributed by atoms with Gasteiger partial charge in [-0.1, -0.05) is 29.3 Å². The monoisotopic (exact) mass is 443 g/mol. The van der Waals surface area contributed by atoms with E-state index < -0.39 is 5.91 Å². The van der Waals surface area contributed by atoms with Crippen LogP contribution in [-0.4, -0.2) is 38.7 Å². The Kier molecular flexibility index (Phi) is 6.49. The molecule has 1 heterocycles. The molecule has 0 bridgehead atoms. The third kappa shape index (κ3) is 5.01. The molecule has 1 aromatic heterocycles. The Balaban J connectivity index is 1.62. The van der Waals surface area contributed by atoms with Gasteiger partial charge in [0, 0.05) is 10.2 Å². The molecule has 28 heavy (non-hydrogen) atoms. The first kappa shape index (κ1) is 19.7. The molecule has 0 aliphatic carbocycles. The Morgan fingerprint density at radius 3 is 2.50 bits per heavy atom. The second-order valence-electron chi connectivity index (χ2n) is 5.90. The summed E-state index contributed by atoms with van der Waals surface area (Å²) in [5.74, 6) is -0.946. The van der Waals surface area contributed by atoms with Crippen LogP contribution in [0.3, 0.4) is 0 Å². The maximum absolute atomic E-state index is 12.3. The fraction of sp³-hybridized carbons (Fsp3) is 0.211. The summed E-state index contributed by atoms with van der Waals surface area (Å²) in [6.07, 6.45) is 1.78. The lowest BCUT2D eigenvalue weighted by molar-refractivity contribution is 0.0499. The summed E-state index contributed by atoms with van der Waals surface area (Å²) in [4.78, 5) is 25.5. The molecule has 3 aromatic rings. The molecule has 0 atom stereocenters. The van der Waals surface area contributed by atoms with Gasteiger partial charge in [0.25, 0.3) is 11.7 Å². The molecule has 0 radical (unpaired) electrons. The number of ether oxygens (including phenoxy) is 1. The summed E-state index contributed by atoms with van der Waals surface area (Å²) in [7, 11) is 0. The predicted molar refractivity (Wildman–Crippen MR) is 106 cm³/mol. The van der Waals surface area contributed by atoms with Gasteiger partial charge in [-0.25, -0.2) is 4.79 Å². The van der Waals surface area contributed by atoms with Crippen LogP contribution in [0.4, 0.5) is 5.69 Å². The largest absolute Gasteiger partial charge is 0.462 e. The second kappa shape index (κ2) is 9.23. The number of unbranched alkanes of at least 4 members (excludes halogenated alkanes) is 1. The number of halogens is 1. The van der Waals surface area contributed by atoms with E-state index in [1.54, 1.807) is 36.4 Å². The molecule has 9 heteroatoms. The van der Waals surface area contributed by atoms with Crippen LogP contribution >= 0.6 is 15.9 Å². The van der Waals surface area contributed by atoms with Gasteiger partial charge in [0.2, 0.25) is 0 Å². The van der Waals surface area contributed by atoms with E-state index in [1.807, 2.05) is 19.1 Å². The molecule has 2 aromatic carbocycles. The van der Waals surface area contributed by atoms with E-state index in [4.69, 9.17) is 4.74 Å². The zero-order valence-corrected chi connectivity index (χ0v) is 16.7. The topological polar surface area (TPSA) is 99.0 Å². The number of hydrogen-bond acceptors (Lipinski definition) is 6. The Bertz CT molecular complexity index is 954. The van der Waals surface area contributed by atoms with Gasteiger partial charge in [0.1, 0.15) is 0 Å². The minimum absolute atomic E-state index is 0.0639. The van der Waals surface area contributed by atoms with Gasteiger partial charge in [-0.15, -0.1) is 15.0 Å². The van der Waals surface area contributed by atoms with Crippen molar-refractivity contribution in [3.05, 3.63) is 64.4 Å². The van der Waals surface area contributed by atoms with Crippen LogP contribution in [0, 0.1) is 0 Å². The summed E-state index contributed by atoms with van der Waals surface area (Å²) < 4.78 is 6.07. The summed E-state index contributed by atoms with van der Waals surface area (Å²) in [6, 6.07) is 13.7. The zero-order valence-electron chi connectivity index (χ0n) is 15.1. The molecule has 0 saturated carbocycles. The van der Waals surface area contributed by atoms with E-state index in [-0.39, 0.29) is 11.8 Å². The summed E-state index contributed by atoms with van der Waals surface area (Å²) in [6.45, 7) is 2.42. The molecule has 1 N–H and O–H groups in total. The number of carbonyl (C=O) groups is 2. The van der Waals surface area contributed by atoms with E-state index in [0.717, 1.165) is 17.3 Å². The fourth-order valence-corrected chi connectivity index (χ4v) is 2.52. The molecule has 144 valence electrons. The number of esters is 1. The maximum Gasteiger partial charge on any atom is 0.338 e. The molecular weight excluding hydrogens is 426 g/mol. The van der Waals surface area contributed by atoms with Gasteiger partial charge in [0.15, 0.2) is 0 Å². The van der Waals surface area contributed by atoms with E-state index >= 15 is 0 Å². The maximum atomic E-state index is 12.3. The number of nitrogens with zero attached hydrogens (tertiary/aromatic N) is 4. The van der Waals surface area contributed by atoms with Gasteiger partial charge in [-0.2, -0.15) is 0 Å². The molecule has 0 spiro atoms. The molecule has 0 aliphatic heterocycles. The third-order valence-electron chi connectivity index (χ3n) is 3.78. The predicted octanol–water partition coefficient (Wildman–Crippen LogP) is 3.63. The van der Waals surface area contributed by atoms with Crippen molar-refractivity contribution in [3.8, 4) is 5.69 Å². The summed E-state index contributed by atoms with van der Waals surface area (Å²) in [5, 5.41) is 14.4. The lowest BCUT2D eigenvalue weighted by atomic mass is 10.2. The van der Waals surface area contributed by atoms with Crippen molar-refractivity contribution >= 4 is 33.5 Å². The van der Waals surface area contributed by atoms with E-state index in [2.05, 4.69) is 36.7 Å². The Labute approximate surface area is 170 Å². The van der Waals surface area contributed by atoms with Crippen LogP contribution in [0.5, 0.6) is 0 Å². The Morgan fingerprint density at radius 2 is 1.82 bits per heavy atom. The highest BCUT2D eigenvalue weighted by molar-refractivity contribution is 9.10. The number of rotatable bonds is 7. The smallest absolute Gasteiger partial charge is 0.338 e. The Hall–Kier alpha value is -3.07. The number of tetrazole rings is 1. The van der Waals surface area contributed by atoms with Crippen LogP contribution in [0.25, 0.3) is 5.69 Å². The van der Waals surface area contributed by atoms with Crippen molar-refractivity contribution in [1.29, 1.82) is 0 Å². The summed E-state index contributed by atoms with van der Waals surface area (Å²) in [5.41, 5.74) is 1.61. The van der Waals surface area contributed by atoms with Crippen molar-refractivity contribution in [2.24, 2.45) is 0 Å². The van der Waals surface area contributed by atoms with Crippen LogP contribution < -0.4 is 5.32 Å². The minimum atomic E-state index is -0.498. The van der Waals surface area contributed by atoms with Crippen LogP contribution in [0.2, 0.25) is 0 Å². The van der Waals surface area contributed by atoms with Gasteiger partial charge in [0.05, 0.1) is 17.9 Å². The number of amides is 1. The minimum Gasteiger partial charge on any atom is -0.462 e. The highest BCUT2D eigenvalue weighted by Crippen LogP contribution is 2.14. The fourth-order valence-electron chi connectivity index (χ4n) is 2.26. The molecule has 0 fully saturated rings. The van der Waals surface area contributed by atoms with Gasteiger partial charge < -0.3 is 10.1 Å². The standard InChI is InChI=1S/C19H18BrN5O3/c1-2-3-12-28-19(27)13-4-8-15(9-5-13)21-18(26)17-22-24-25(23-17)16-10-6-14(20)7-11-16/h4-11H,2-3,12H2,1H3,(H,21,26). The quantitative estimate of drug-likeness (QED) is 0.442. The van der Waals surface area contributed by atoms with Crippen molar-refractivity contribution in [2.45, 2.75) is 19.8 Å². The normalized spacial score (nSPS) is 10.5. The number of aromatic nitrogens is 4. The van der Waals surface area contributed by atoms with Crippen LogP contribution in [0.15, 0.2) is 53.0 Å². The number of nitrogens with one attached hydrogen (secondary N) is 1. The summed E-state index contributed by atoms with van der Waals surface area (Å²) >= 11 is 3.35. The molecule has 1 amide bonds. The second-order valence-corrected chi connectivity index (χ2v) is 6.82. The van der Waals surface area contributed by atoms with Crippen molar-refractivity contribution < 1.29 is 14.3 Å². The van der Waals surface area contributed by atoms with E-state index in [0.29, 0.717) is 23.5 Å². The van der Waals surface area contributed by atoms with Crippen LogP contribution in [0.1, 0.15) is 40.7 Å². The highest BCUT2D eigenvalue weighted by Gasteiger charge is 2.14. The highest BCUT2D eigenvalue weighted by atomic mass is 79.9. The SMILES string of the molecule is CCCCOC(=O)c1ccc(NC(=O)c2nnn(-c3ccc(Br)cc3)n2)cc1. The van der Waals surface area contributed by atoms with Gasteiger partial charge in [-0.3, -0.25) is 4.79 Å².